The first-order valence-electron chi connectivity index (χ1n) is 13.6. The second-order valence-electron chi connectivity index (χ2n) is 8.99. The summed E-state index contributed by atoms with van der Waals surface area (Å²) >= 11 is 0. The van der Waals surface area contributed by atoms with Crippen LogP contribution in [0, 0.1) is 0 Å². The lowest BCUT2D eigenvalue weighted by Crippen LogP contribution is -2.06. The first kappa shape index (κ1) is 30.5. The summed E-state index contributed by atoms with van der Waals surface area (Å²) in [6.07, 6.45) is 24.0. The molecule has 0 atom stereocenters. The third-order valence-corrected chi connectivity index (χ3v) is 5.83. The number of unbranched alkanes of at least 4 members (excludes halogenated alkanes) is 16. The summed E-state index contributed by atoms with van der Waals surface area (Å²) in [5.74, 6) is -0.143. The van der Waals surface area contributed by atoms with Crippen LogP contribution in [-0.4, -0.2) is 17.7 Å². The minimum absolute atomic E-state index is 0.161. The Morgan fingerprint density at radius 2 is 0.969 bits per heavy atom. The topological polar surface area (TPSA) is 46.5 Å². The smallest absolute Gasteiger partial charge is 0.338 e. The van der Waals surface area contributed by atoms with Crippen LogP contribution in [0.15, 0.2) is 24.3 Å². The minimum atomic E-state index is -0.305. The molecule has 0 aromatic heterocycles. The van der Waals surface area contributed by atoms with Gasteiger partial charge in [0.1, 0.15) is 5.75 Å². The SMILES string of the molecule is CCCC.CCCCCCCCCCCCCCCCCCOC(=O)c1ccc(O)cc1. The molecule has 0 unspecified atom stereocenters. The van der Waals surface area contributed by atoms with Crippen LogP contribution in [0.2, 0.25) is 0 Å². The molecule has 0 amide bonds. The van der Waals surface area contributed by atoms with E-state index in [-0.39, 0.29) is 11.7 Å². The van der Waals surface area contributed by atoms with Crippen LogP contribution < -0.4 is 0 Å². The molecule has 0 bridgehead atoms. The number of ether oxygens (including phenoxy) is 1. The summed E-state index contributed by atoms with van der Waals surface area (Å²) in [5.41, 5.74) is 0.495. The molecule has 186 valence electrons. The fraction of sp³-hybridized carbons (Fsp3) is 0.759. The fourth-order valence-electron chi connectivity index (χ4n) is 3.50. The third-order valence-electron chi connectivity index (χ3n) is 5.83. The number of hydrogen-bond acceptors (Lipinski definition) is 3. The Balaban J connectivity index is 0.00000220. The van der Waals surface area contributed by atoms with E-state index in [0.29, 0.717) is 12.2 Å². The number of esters is 1. The second-order valence-corrected chi connectivity index (χ2v) is 8.99. The van der Waals surface area contributed by atoms with Crippen LogP contribution in [0.3, 0.4) is 0 Å². The zero-order valence-electron chi connectivity index (χ0n) is 21.5. The Kier molecular flexibility index (Phi) is 23.0. The van der Waals surface area contributed by atoms with Crippen molar-refractivity contribution in [1.82, 2.24) is 0 Å². The van der Waals surface area contributed by atoms with Crippen molar-refractivity contribution in [1.29, 1.82) is 0 Å². The van der Waals surface area contributed by atoms with Gasteiger partial charge in [0, 0.05) is 0 Å². The molecule has 0 aliphatic heterocycles. The van der Waals surface area contributed by atoms with E-state index in [4.69, 9.17) is 4.74 Å². The summed E-state index contributed by atoms with van der Waals surface area (Å²) in [4.78, 5) is 11.8. The van der Waals surface area contributed by atoms with Crippen molar-refractivity contribution in [2.75, 3.05) is 6.61 Å². The summed E-state index contributed by atoms with van der Waals surface area (Å²) in [7, 11) is 0. The highest BCUT2D eigenvalue weighted by Crippen LogP contribution is 2.14. The number of phenolic OH excluding ortho intramolecular Hbond substituents is 1. The number of phenols is 1. The van der Waals surface area contributed by atoms with Gasteiger partial charge in [-0.05, 0) is 30.7 Å². The first-order chi connectivity index (χ1) is 15.7. The second kappa shape index (κ2) is 24.1. The van der Waals surface area contributed by atoms with Gasteiger partial charge in [-0.1, -0.05) is 130 Å². The van der Waals surface area contributed by atoms with Crippen molar-refractivity contribution in [3.05, 3.63) is 29.8 Å². The molecule has 32 heavy (non-hydrogen) atoms. The molecule has 1 aromatic rings. The lowest BCUT2D eigenvalue weighted by Gasteiger charge is -2.05. The molecule has 0 fully saturated rings. The monoisotopic (exact) mass is 448 g/mol. The molecule has 3 nitrogen and oxygen atoms in total. The predicted octanol–water partition coefficient (Wildman–Crippen LogP) is 9.62. The molecule has 3 heteroatoms. The summed E-state index contributed by atoms with van der Waals surface area (Å²) < 4.78 is 5.27. The molecule has 1 aromatic carbocycles. The van der Waals surface area contributed by atoms with E-state index in [1.165, 1.54) is 115 Å². The van der Waals surface area contributed by atoms with Gasteiger partial charge in [0.05, 0.1) is 12.2 Å². The van der Waals surface area contributed by atoms with Crippen molar-refractivity contribution >= 4 is 5.97 Å². The van der Waals surface area contributed by atoms with E-state index in [0.717, 1.165) is 12.8 Å². The molecule has 1 rings (SSSR count). The predicted molar refractivity (Wildman–Crippen MR) is 139 cm³/mol. The Morgan fingerprint density at radius 1 is 0.594 bits per heavy atom. The van der Waals surface area contributed by atoms with Crippen LogP contribution in [0.25, 0.3) is 0 Å². The van der Waals surface area contributed by atoms with Gasteiger partial charge >= 0.3 is 5.97 Å². The van der Waals surface area contributed by atoms with Gasteiger partial charge in [0.25, 0.3) is 0 Å². The number of carbonyl (C=O) groups is 1. The summed E-state index contributed by atoms with van der Waals surface area (Å²) in [5, 5.41) is 9.22. The van der Waals surface area contributed by atoms with Gasteiger partial charge in [-0.15, -0.1) is 0 Å². The highest BCUT2D eigenvalue weighted by atomic mass is 16.5. The van der Waals surface area contributed by atoms with Crippen LogP contribution >= 0.6 is 0 Å². The fourth-order valence-corrected chi connectivity index (χ4v) is 3.50. The van der Waals surface area contributed by atoms with E-state index in [9.17, 15) is 9.90 Å². The number of benzene rings is 1. The first-order valence-corrected chi connectivity index (χ1v) is 13.6. The maximum atomic E-state index is 11.8. The van der Waals surface area contributed by atoms with E-state index in [2.05, 4.69) is 20.8 Å². The van der Waals surface area contributed by atoms with E-state index in [1.54, 1.807) is 12.1 Å². The summed E-state index contributed by atoms with van der Waals surface area (Å²) in [6.45, 7) is 7.12. The third kappa shape index (κ3) is 20.4. The quantitative estimate of drug-likeness (QED) is 0.169. The van der Waals surface area contributed by atoms with E-state index in [1.807, 2.05) is 0 Å². The summed E-state index contributed by atoms with van der Waals surface area (Å²) in [6, 6.07) is 6.19. The largest absolute Gasteiger partial charge is 0.508 e. The van der Waals surface area contributed by atoms with Crippen LogP contribution in [-0.2, 0) is 4.74 Å². The zero-order chi connectivity index (χ0) is 23.7. The number of hydrogen-bond donors (Lipinski definition) is 1. The van der Waals surface area contributed by atoms with Crippen molar-refractivity contribution in [2.45, 2.75) is 136 Å². The zero-order valence-corrected chi connectivity index (χ0v) is 21.5. The van der Waals surface area contributed by atoms with Gasteiger partial charge in [-0.25, -0.2) is 4.79 Å². The maximum absolute atomic E-state index is 11.8. The average Bonchev–Trinajstić information content (AvgIpc) is 2.81. The molecule has 1 N–H and O–H groups in total. The average molecular weight is 449 g/mol. The van der Waals surface area contributed by atoms with Gasteiger partial charge in [-0.2, -0.15) is 0 Å². The Bertz CT molecular complexity index is 508. The van der Waals surface area contributed by atoms with Crippen LogP contribution in [0.1, 0.15) is 147 Å². The molecule has 0 saturated carbocycles. The minimum Gasteiger partial charge on any atom is -0.508 e. The lowest BCUT2D eigenvalue weighted by atomic mass is 10.0. The van der Waals surface area contributed by atoms with Crippen molar-refractivity contribution in [3.63, 3.8) is 0 Å². The highest BCUT2D eigenvalue weighted by Gasteiger charge is 2.06. The van der Waals surface area contributed by atoms with Gasteiger partial charge in [0.2, 0.25) is 0 Å². The van der Waals surface area contributed by atoms with Crippen molar-refractivity contribution < 1.29 is 14.6 Å². The van der Waals surface area contributed by atoms with Crippen molar-refractivity contribution in [3.8, 4) is 5.75 Å². The lowest BCUT2D eigenvalue weighted by molar-refractivity contribution is 0.0497. The Hall–Kier alpha value is -1.51. The maximum Gasteiger partial charge on any atom is 0.338 e. The van der Waals surface area contributed by atoms with E-state index < -0.39 is 0 Å². The van der Waals surface area contributed by atoms with Gasteiger partial charge < -0.3 is 9.84 Å². The molecule has 0 saturated heterocycles. The molecular formula is C29H52O3. The molecule has 0 heterocycles. The van der Waals surface area contributed by atoms with Crippen LogP contribution in [0.4, 0.5) is 0 Å². The van der Waals surface area contributed by atoms with Gasteiger partial charge in [-0.3, -0.25) is 0 Å². The molecule has 0 aliphatic carbocycles. The molecule has 0 aliphatic rings. The van der Waals surface area contributed by atoms with Gasteiger partial charge in [0.15, 0.2) is 0 Å². The standard InChI is InChI=1S/C25H42O3.C4H10/c1-2-3-4-5-6-7-8-9-10-11-12-13-14-15-16-17-22-28-25(27)23-18-20-24(26)21-19-23;1-3-4-2/h18-21,26H,2-17,22H2,1H3;3-4H2,1-2H3. The molecular weight excluding hydrogens is 396 g/mol. The number of carbonyl (C=O) groups excluding carboxylic acids is 1. The Morgan fingerprint density at radius 3 is 1.34 bits per heavy atom. The molecule has 0 radical (unpaired) electrons. The number of rotatable bonds is 19. The van der Waals surface area contributed by atoms with E-state index >= 15 is 0 Å². The normalized spacial score (nSPS) is 10.5. The van der Waals surface area contributed by atoms with Crippen LogP contribution in [0.5, 0.6) is 5.75 Å². The Labute approximate surface area is 199 Å². The molecule has 0 spiro atoms. The van der Waals surface area contributed by atoms with Crippen molar-refractivity contribution in [2.24, 2.45) is 0 Å². The highest BCUT2D eigenvalue weighted by molar-refractivity contribution is 5.89. The number of aromatic hydroxyl groups is 1.